The molecule has 2 rings (SSSR count). The minimum Gasteiger partial charge on any atom is -0.426 e. The number of nitrogens with zero attached hydrogens (tertiary/aromatic N) is 1. The van der Waals surface area contributed by atoms with Gasteiger partial charge < -0.3 is 4.74 Å². The van der Waals surface area contributed by atoms with Crippen molar-refractivity contribution >= 4 is 45.6 Å². The fourth-order valence-corrected chi connectivity index (χ4v) is 2.27. The maximum absolute atomic E-state index is 11.9. The first-order valence-corrected chi connectivity index (χ1v) is 7.70. The average molecular weight is 396 g/mol. The second-order valence-corrected chi connectivity index (χ2v) is 5.78. The smallest absolute Gasteiger partial charge is 0.308 e. The van der Waals surface area contributed by atoms with E-state index in [0.717, 1.165) is 5.56 Å². The van der Waals surface area contributed by atoms with Gasteiger partial charge in [-0.15, -0.1) is 0 Å². The fraction of sp³-hybridized carbons (Fsp3) is 0.0625. The van der Waals surface area contributed by atoms with E-state index in [-0.39, 0.29) is 5.91 Å². The zero-order valence-electron chi connectivity index (χ0n) is 12.0. The van der Waals surface area contributed by atoms with Crippen molar-refractivity contribution in [3.63, 3.8) is 0 Å². The van der Waals surface area contributed by atoms with Gasteiger partial charge in [-0.1, -0.05) is 11.6 Å². The van der Waals surface area contributed by atoms with E-state index in [2.05, 4.69) is 26.5 Å². The number of carbonyl (C=O) groups is 2. The molecule has 0 radical (unpaired) electrons. The summed E-state index contributed by atoms with van der Waals surface area (Å²) in [7, 11) is 0. The van der Waals surface area contributed by atoms with E-state index in [1.807, 2.05) is 0 Å². The van der Waals surface area contributed by atoms with Crippen LogP contribution in [0, 0.1) is 0 Å². The van der Waals surface area contributed by atoms with Gasteiger partial charge in [-0.05, 0) is 64.0 Å². The van der Waals surface area contributed by atoms with Crippen LogP contribution in [0.5, 0.6) is 5.75 Å². The van der Waals surface area contributed by atoms with Crippen LogP contribution in [0.15, 0.2) is 52.0 Å². The van der Waals surface area contributed by atoms with E-state index in [1.165, 1.54) is 13.1 Å². The Morgan fingerprint density at radius 3 is 2.52 bits per heavy atom. The number of esters is 1. The zero-order valence-corrected chi connectivity index (χ0v) is 14.4. The van der Waals surface area contributed by atoms with Crippen LogP contribution in [0.1, 0.15) is 22.8 Å². The molecule has 0 aromatic heterocycles. The topological polar surface area (TPSA) is 67.8 Å². The molecule has 0 fully saturated rings. The minimum absolute atomic E-state index is 0.339. The summed E-state index contributed by atoms with van der Waals surface area (Å²) in [5, 5.41) is 4.44. The Bertz CT molecular complexity index is 760. The molecular formula is C16H12BrClN2O3. The molecule has 0 bridgehead atoms. The van der Waals surface area contributed by atoms with Crippen molar-refractivity contribution in [2.24, 2.45) is 5.10 Å². The molecule has 1 N–H and O–H groups in total. The van der Waals surface area contributed by atoms with E-state index >= 15 is 0 Å². The van der Waals surface area contributed by atoms with Gasteiger partial charge in [-0.2, -0.15) is 5.10 Å². The van der Waals surface area contributed by atoms with Crippen molar-refractivity contribution in [2.75, 3.05) is 0 Å². The third-order valence-corrected chi connectivity index (χ3v) is 3.57. The van der Waals surface area contributed by atoms with E-state index in [0.29, 0.717) is 20.8 Å². The fourth-order valence-electron chi connectivity index (χ4n) is 1.67. The lowest BCUT2D eigenvalue weighted by Gasteiger charge is -2.04. The molecule has 0 aliphatic heterocycles. The van der Waals surface area contributed by atoms with Gasteiger partial charge in [0.2, 0.25) is 0 Å². The van der Waals surface area contributed by atoms with Crippen LogP contribution >= 0.6 is 27.5 Å². The summed E-state index contributed by atoms with van der Waals surface area (Å²) < 4.78 is 5.61. The van der Waals surface area contributed by atoms with Crippen LogP contribution in [-0.4, -0.2) is 18.1 Å². The molecule has 0 aliphatic rings. The number of benzene rings is 2. The maximum atomic E-state index is 11.9. The van der Waals surface area contributed by atoms with Crippen molar-refractivity contribution < 1.29 is 14.3 Å². The molecule has 2 aromatic rings. The molecule has 23 heavy (non-hydrogen) atoms. The summed E-state index contributed by atoms with van der Waals surface area (Å²) >= 11 is 9.06. The zero-order chi connectivity index (χ0) is 16.8. The van der Waals surface area contributed by atoms with Crippen molar-refractivity contribution in [1.29, 1.82) is 0 Å². The van der Waals surface area contributed by atoms with Gasteiger partial charge >= 0.3 is 5.97 Å². The number of hydrogen-bond acceptors (Lipinski definition) is 4. The predicted molar refractivity (Wildman–Crippen MR) is 92.0 cm³/mol. The molecule has 0 heterocycles. The van der Waals surface area contributed by atoms with Crippen molar-refractivity contribution in [1.82, 2.24) is 5.43 Å². The first-order chi connectivity index (χ1) is 11.0. The SMILES string of the molecule is CC(=O)Oc1ccc(/C=N\NC(=O)c2ccc(Cl)cc2)cc1Br. The van der Waals surface area contributed by atoms with Gasteiger partial charge in [-0.25, -0.2) is 5.43 Å². The number of ether oxygens (including phenoxy) is 1. The van der Waals surface area contributed by atoms with Crippen LogP contribution in [0.4, 0.5) is 0 Å². The summed E-state index contributed by atoms with van der Waals surface area (Å²) in [6, 6.07) is 11.5. The number of hydrogen-bond donors (Lipinski definition) is 1. The third kappa shape index (κ3) is 5.19. The molecule has 0 spiro atoms. The number of nitrogens with one attached hydrogen (secondary N) is 1. The Hall–Kier alpha value is -2.18. The Labute approximate surface area is 146 Å². The van der Waals surface area contributed by atoms with Gasteiger partial charge in [0.1, 0.15) is 5.75 Å². The molecule has 118 valence electrons. The second-order valence-electron chi connectivity index (χ2n) is 4.49. The monoisotopic (exact) mass is 394 g/mol. The highest BCUT2D eigenvalue weighted by atomic mass is 79.9. The van der Waals surface area contributed by atoms with Crippen molar-refractivity contribution in [2.45, 2.75) is 6.92 Å². The summed E-state index contributed by atoms with van der Waals surface area (Å²) in [6.45, 7) is 1.33. The molecule has 0 unspecified atom stereocenters. The Morgan fingerprint density at radius 2 is 1.91 bits per heavy atom. The van der Waals surface area contributed by atoms with Gasteiger partial charge in [0, 0.05) is 17.5 Å². The summed E-state index contributed by atoms with van der Waals surface area (Å²) in [5.41, 5.74) is 3.60. The molecule has 0 aliphatic carbocycles. The number of amides is 1. The van der Waals surface area contributed by atoms with E-state index < -0.39 is 5.97 Å². The first kappa shape index (κ1) is 17.2. The van der Waals surface area contributed by atoms with Gasteiger partial charge in [0.25, 0.3) is 5.91 Å². The standard InChI is InChI=1S/C16H12BrClN2O3/c1-10(21)23-15-7-2-11(8-14(15)17)9-19-20-16(22)12-3-5-13(18)6-4-12/h2-9H,1H3,(H,20,22)/b19-9-. The van der Waals surface area contributed by atoms with E-state index in [1.54, 1.807) is 42.5 Å². The van der Waals surface area contributed by atoms with Crippen molar-refractivity contribution in [3.8, 4) is 5.75 Å². The van der Waals surface area contributed by atoms with E-state index in [4.69, 9.17) is 16.3 Å². The lowest BCUT2D eigenvalue weighted by Crippen LogP contribution is -2.17. The van der Waals surface area contributed by atoms with Crippen LogP contribution < -0.4 is 10.2 Å². The molecule has 5 nitrogen and oxygen atoms in total. The maximum Gasteiger partial charge on any atom is 0.308 e. The predicted octanol–water partition coefficient (Wildman–Crippen LogP) is 3.79. The molecule has 0 saturated carbocycles. The highest BCUT2D eigenvalue weighted by Gasteiger charge is 2.05. The minimum atomic E-state index is -0.401. The van der Waals surface area contributed by atoms with E-state index in [9.17, 15) is 9.59 Å². The normalized spacial score (nSPS) is 10.6. The highest BCUT2D eigenvalue weighted by Crippen LogP contribution is 2.25. The van der Waals surface area contributed by atoms with Gasteiger partial charge in [0.15, 0.2) is 0 Å². The lowest BCUT2D eigenvalue weighted by atomic mass is 10.2. The Morgan fingerprint density at radius 1 is 1.22 bits per heavy atom. The molecule has 7 heteroatoms. The molecule has 2 aromatic carbocycles. The second kappa shape index (κ2) is 7.89. The Balaban J connectivity index is 2.00. The number of rotatable bonds is 4. The van der Waals surface area contributed by atoms with Crippen LogP contribution in [0.3, 0.4) is 0 Å². The highest BCUT2D eigenvalue weighted by molar-refractivity contribution is 9.10. The average Bonchev–Trinajstić information content (AvgIpc) is 2.50. The lowest BCUT2D eigenvalue weighted by molar-refractivity contribution is -0.131. The molecule has 0 saturated heterocycles. The quantitative estimate of drug-likeness (QED) is 0.371. The number of hydrazone groups is 1. The summed E-state index contributed by atoms with van der Waals surface area (Å²) in [5.74, 6) is -0.323. The summed E-state index contributed by atoms with van der Waals surface area (Å²) in [4.78, 5) is 22.8. The molecule has 0 atom stereocenters. The number of carbonyl (C=O) groups excluding carboxylic acids is 2. The third-order valence-electron chi connectivity index (χ3n) is 2.70. The first-order valence-electron chi connectivity index (χ1n) is 6.52. The van der Waals surface area contributed by atoms with Crippen LogP contribution in [-0.2, 0) is 4.79 Å². The van der Waals surface area contributed by atoms with Crippen LogP contribution in [0.2, 0.25) is 5.02 Å². The van der Waals surface area contributed by atoms with Gasteiger partial charge in [-0.3, -0.25) is 9.59 Å². The molecule has 1 amide bonds. The molecular weight excluding hydrogens is 384 g/mol. The Kier molecular flexibility index (Phi) is 5.90. The summed E-state index contributed by atoms with van der Waals surface area (Å²) in [6.07, 6.45) is 1.48. The van der Waals surface area contributed by atoms with Crippen molar-refractivity contribution in [3.05, 3.63) is 63.1 Å². The van der Waals surface area contributed by atoms with Crippen LogP contribution in [0.25, 0.3) is 0 Å². The number of halogens is 2. The largest absolute Gasteiger partial charge is 0.426 e. The van der Waals surface area contributed by atoms with Gasteiger partial charge in [0.05, 0.1) is 10.7 Å².